The van der Waals surface area contributed by atoms with E-state index >= 15 is 0 Å². The van der Waals surface area contributed by atoms with Crippen LogP contribution in [0.25, 0.3) is 0 Å². The van der Waals surface area contributed by atoms with E-state index in [4.69, 9.17) is 4.74 Å². The summed E-state index contributed by atoms with van der Waals surface area (Å²) in [5.74, 6) is 1.60. The number of nitrogens with zero attached hydrogens (tertiary/aromatic N) is 1. The van der Waals surface area contributed by atoms with E-state index in [0.29, 0.717) is 6.54 Å². The number of ether oxygens (including phenoxy) is 1. The molecule has 0 saturated carbocycles. The van der Waals surface area contributed by atoms with Crippen molar-refractivity contribution in [2.45, 2.75) is 6.54 Å². The van der Waals surface area contributed by atoms with Gasteiger partial charge in [0.05, 0.1) is 12.3 Å². The Kier molecular flexibility index (Phi) is 3.92. The first-order valence-electron chi connectivity index (χ1n) is 6.51. The highest BCUT2D eigenvalue weighted by Crippen LogP contribution is 2.24. The molecule has 2 aromatic rings. The van der Waals surface area contributed by atoms with Gasteiger partial charge in [-0.3, -0.25) is 14.5 Å². The zero-order valence-corrected chi connectivity index (χ0v) is 12.0. The van der Waals surface area contributed by atoms with Gasteiger partial charge in [0.1, 0.15) is 11.5 Å². The molecule has 5 heteroatoms. The average molecular weight is 299 g/mol. The fourth-order valence-electron chi connectivity index (χ4n) is 2.00. The van der Waals surface area contributed by atoms with Crippen molar-refractivity contribution in [3.8, 4) is 11.5 Å². The van der Waals surface area contributed by atoms with Crippen LogP contribution in [0, 0.1) is 0 Å². The van der Waals surface area contributed by atoms with Crippen LogP contribution in [0.15, 0.2) is 54.6 Å². The van der Waals surface area contributed by atoms with Crippen molar-refractivity contribution in [2.24, 2.45) is 0 Å². The maximum atomic E-state index is 11.6. The van der Waals surface area contributed by atoms with E-state index in [-0.39, 0.29) is 16.9 Å². The topological polar surface area (TPSA) is 46.6 Å². The molecule has 4 nitrogen and oxygen atoms in total. The van der Waals surface area contributed by atoms with E-state index in [0.717, 1.165) is 28.8 Å². The predicted molar refractivity (Wildman–Crippen MR) is 81.4 cm³/mol. The second kappa shape index (κ2) is 6.01. The molecule has 106 valence electrons. The lowest BCUT2D eigenvalue weighted by atomic mass is 10.2. The maximum Gasteiger partial charge on any atom is 0.289 e. The number of benzene rings is 2. The zero-order valence-electron chi connectivity index (χ0n) is 11.2. The Balaban J connectivity index is 1.67. The lowest BCUT2D eigenvalue weighted by Crippen LogP contribution is -2.27. The number of imide groups is 1. The minimum absolute atomic E-state index is 0.130. The predicted octanol–water partition coefficient (Wildman–Crippen LogP) is 3.67. The number of hydrogen-bond acceptors (Lipinski definition) is 4. The highest BCUT2D eigenvalue weighted by molar-refractivity contribution is 8.14. The van der Waals surface area contributed by atoms with Gasteiger partial charge >= 0.3 is 0 Å². The smallest absolute Gasteiger partial charge is 0.289 e. The average Bonchev–Trinajstić information content (AvgIpc) is 2.82. The Bertz CT molecular complexity index is 639. The molecule has 21 heavy (non-hydrogen) atoms. The molecule has 2 amide bonds. The summed E-state index contributed by atoms with van der Waals surface area (Å²) in [6.07, 6.45) is 0. The van der Waals surface area contributed by atoms with Crippen molar-refractivity contribution in [2.75, 3.05) is 5.75 Å². The van der Waals surface area contributed by atoms with Crippen LogP contribution in [0.5, 0.6) is 11.5 Å². The first-order valence-corrected chi connectivity index (χ1v) is 7.50. The third kappa shape index (κ3) is 3.25. The number of carbonyl (C=O) groups excluding carboxylic acids is 2. The minimum atomic E-state index is -0.176. The zero-order chi connectivity index (χ0) is 14.7. The normalized spacial score (nSPS) is 14.6. The van der Waals surface area contributed by atoms with Crippen LogP contribution in [0.4, 0.5) is 4.79 Å². The van der Waals surface area contributed by atoms with Crippen molar-refractivity contribution in [1.29, 1.82) is 0 Å². The lowest BCUT2D eigenvalue weighted by Gasteiger charge is -2.13. The van der Waals surface area contributed by atoms with Gasteiger partial charge in [-0.25, -0.2) is 0 Å². The molecule has 1 aliphatic heterocycles. The van der Waals surface area contributed by atoms with Crippen LogP contribution in [0.1, 0.15) is 5.56 Å². The Morgan fingerprint density at radius 3 is 2.24 bits per heavy atom. The fraction of sp³-hybridized carbons (Fsp3) is 0.125. The first-order chi connectivity index (χ1) is 10.2. The molecule has 1 heterocycles. The van der Waals surface area contributed by atoms with E-state index in [1.165, 1.54) is 4.90 Å². The van der Waals surface area contributed by atoms with Crippen LogP contribution < -0.4 is 4.74 Å². The Labute approximate surface area is 126 Å². The third-order valence-corrected chi connectivity index (χ3v) is 3.94. The molecular weight excluding hydrogens is 286 g/mol. The molecule has 0 radical (unpaired) electrons. The molecule has 0 spiro atoms. The Morgan fingerprint density at radius 2 is 1.62 bits per heavy atom. The standard InChI is InChI=1S/C16H13NO3S/c18-15-11-21-16(19)17(15)10-12-6-8-14(9-7-12)20-13-4-2-1-3-5-13/h1-9H,10-11H2. The molecular formula is C16H13NO3S. The molecule has 1 aliphatic rings. The number of rotatable bonds is 4. The van der Waals surface area contributed by atoms with Gasteiger partial charge in [0, 0.05) is 0 Å². The summed E-state index contributed by atoms with van der Waals surface area (Å²) in [5.41, 5.74) is 0.902. The summed E-state index contributed by atoms with van der Waals surface area (Å²) < 4.78 is 5.69. The number of carbonyl (C=O) groups is 2. The van der Waals surface area contributed by atoms with Gasteiger partial charge in [0.2, 0.25) is 5.91 Å². The number of hydrogen-bond donors (Lipinski definition) is 0. The summed E-state index contributed by atoms with van der Waals surface area (Å²) in [6.45, 7) is 0.316. The highest BCUT2D eigenvalue weighted by Gasteiger charge is 2.29. The molecule has 2 aromatic carbocycles. The van der Waals surface area contributed by atoms with Gasteiger partial charge in [0.25, 0.3) is 5.24 Å². The van der Waals surface area contributed by atoms with Crippen LogP contribution in [0.2, 0.25) is 0 Å². The third-order valence-electron chi connectivity index (χ3n) is 3.08. The summed E-state index contributed by atoms with van der Waals surface area (Å²) in [6, 6.07) is 16.9. The largest absolute Gasteiger partial charge is 0.457 e. The van der Waals surface area contributed by atoms with Crippen LogP contribution in [-0.4, -0.2) is 21.8 Å². The SMILES string of the molecule is O=C1CSC(=O)N1Cc1ccc(Oc2ccccc2)cc1. The second-order valence-electron chi connectivity index (χ2n) is 4.59. The number of amides is 2. The highest BCUT2D eigenvalue weighted by atomic mass is 32.2. The van der Waals surface area contributed by atoms with Crippen molar-refractivity contribution < 1.29 is 14.3 Å². The molecule has 0 atom stereocenters. The van der Waals surface area contributed by atoms with E-state index in [1.54, 1.807) is 0 Å². The Morgan fingerprint density at radius 1 is 0.952 bits per heavy atom. The van der Waals surface area contributed by atoms with Gasteiger partial charge in [-0.05, 0) is 29.8 Å². The van der Waals surface area contributed by atoms with Crippen molar-refractivity contribution in [3.63, 3.8) is 0 Å². The molecule has 1 saturated heterocycles. The molecule has 0 aliphatic carbocycles. The van der Waals surface area contributed by atoms with Crippen LogP contribution in [-0.2, 0) is 11.3 Å². The summed E-state index contributed by atoms with van der Waals surface area (Å²) >= 11 is 1.05. The van der Waals surface area contributed by atoms with E-state index < -0.39 is 0 Å². The van der Waals surface area contributed by atoms with Crippen LogP contribution in [0.3, 0.4) is 0 Å². The van der Waals surface area contributed by atoms with Crippen molar-refractivity contribution >= 4 is 22.9 Å². The molecule has 0 aromatic heterocycles. The molecule has 0 unspecified atom stereocenters. The van der Waals surface area contributed by atoms with Gasteiger partial charge in [-0.1, -0.05) is 42.1 Å². The molecule has 3 rings (SSSR count). The van der Waals surface area contributed by atoms with Crippen molar-refractivity contribution in [3.05, 3.63) is 60.2 Å². The minimum Gasteiger partial charge on any atom is -0.457 e. The molecule has 0 bridgehead atoms. The van der Waals surface area contributed by atoms with Crippen LogP contribution >= 0.6 is 11.8 Å². The summed E-state index contributed by atoms with van der Waals surface area (Å²) in [7, 11) is 0. The quantitative estimate of drug-likeness (QED) is 0.864. The number of thioether (sulfide) groups is 1. The lowest BCUT2D eigenvalue weighted by molar-refractivity contribution is -0.125. The summed E-state index contributed by atoms with van der Waals surface area (Å²) in [5, 5.41) is -0.176. The first kappa shape index (κ1) is 13.7. The number of para-hydroxylation sites is 1. The van der Waals surface area contributed by atoms with Gasteiger partial charge in [0.15, 0.2) is 0 Å². The van der Waals surface area contributed by atoms with Gasteiger partial charge in [-0.2, -0.15) is 0 Å². The van der Waals surface area contributed by atoms with Crippen molar-refractivity contribution in [1.82, 2.24) is 4.90 Å². The summed E-state index contributed by atoms with van der Waals surface area (Å²) in [4.78, 5) is 24.4. The fourth-order valence-corrected chi connectivity index (χ4v) is 2.73. The molecule has 1 fully saturated rings. The van der Waals surface area contributed by atoms with Gasteiger partial charge < -0.3 is 4.74 Å². The molecule has 0 N–H and O–H groups in total. The maximum absolute atomic E-state index is 11.6. The van der Waals surface area contributed by atoms with E-state index in [1.807, 2.05) is 54.6 Å². The van der Waals surface area contributed by atoms with E-state index in [9.17, 15) is 9.59 Å². The van der Waals surface area contributed by atoms with Gasteiger partial charge in [-0.15, -0.1) is 0 Å². The second-order valence-corrected chi connectivity index (χ2v) is 5.52. The Hall–Kier alpha value is -2.27. The monoisotopic (exact) mass is 299 g/mol. The van der Waals surface area contributed by atoms with E-state index in [2.05, 4.69) is 0 Å².